The number of halogens is 4. The molecule has 8 heteroatoms. The topological polar surface area (TPSA) is 46.5 Å². The summed E-state index contributed by atoms with van der Waals surface area (Å²) in [6.07, 6.45) is 0. The highest BCUT2D eigenvalue weighted by molar-refractivity contribution is 7.68. The Morgan fingerprint density at radius 2 is 1.94 bits per heavy atom. The second-order valence-electron chi connectivity index (χ2n) is 3.38. The molecule has 0 aliphatic carbocycles. The van der Waals surface area contributed by atoms with Gasteiger partial charge < -0.3 is 9.63 Å². The summed E-state index contributed by atoms with van der Waals surface area (Å²) in [7, 11) is -3.79. The van der Waals surface area contributed by atoms with Crippen molar-refractivity contribution in [2.45, 2.75) is 16.6 Å². The summed E-state index contributed by atoms with van der Waals surface area (Å²) in [5.41, 5.74) is 0. The maximum atomic E-state index is 12.8. The lowest BCUT2D eigenvalue weighted by Crippen LogP contribution is -2.31. The molecule has 18 heavy (non-hydrogen) atoms. The average Bonchev–Trinajstić information content (AvgIpc) is 2.27. The van der Waals surface area contributed by atoms with Gasteiger partial charge in [-0.2, -0.15) is 0 Å². The van der Waals surface area contributed by atoms with Crippen molar-refractivity contribution in [1.29, 1.82) is 0 Å². The van der Waals surface area contributed by atoms with Gasteiger partial charge in [-0.25, -0.2) is 0 Å². The molecule has 1 N–H and O–H groups in total. The summed E-state index contributed by atoms with van der Waals surface area (Å²) in [4.78, 5) is 0. The molecular formula is C10H11Cl4O3P. The molecular weight excluding hydrogens is 341 g/mol. The van der Waals surface area contributed by atoms with Crippen LogP contribution in [0.3, 0.4) is 0 Å². The van der Waals surface area contributed by atoms with Crippen molar-refractivity contribution < 1.29 is 14.2 Å². The second kappa shape index (κ2) is 6.32. The minimum absolute atomic E-state index is 0.0836. The first-order valence-electron chi connectivity index (χ1n) is 4.97. The molecule has 0 aliphatic heterocycles. The Labute approximate surface area is 125 Å². The normalized spacial score (nSPS) is 17.2. The van der Waals surface area contributed by atoms with E-state index in [4.69, 9.17) is 50.9 Å². The molecule has 2 atom stereocenters. The van der Waals surface area contributed by atoms with Crippen molar-refractivity contribution in [1.82, 2.24) is 0 Å². The fourth-order valence-corrected chi connectivity index (χ4v) is 4.99. The Bertz CT molecular complexity index is 461. The molecule has 0 saturated carbocycles. The van der Waals surface area contributed by atoms with Gasteiger partial charge in [0.25, 0.3) is 7.37 Å². The second-order valence-corrected chi connectivity index (χ2v) is 8.58. The Morgan fingerprint density at radius 1 is 1.39 bits per heavy atom. The molecule has 1 aromatic carbocycles. The maximum absolute atomic E-state index is 12.8. The van der Waals surface area contributed by atoms with Crippen LogP contribution in [0.25, 0.3) is 0 Å². The zero-order valence-corrected chi connectivity index (χ0v) is 13.2. The van der Waals surface area contributed by atoms with E-state index in [1.165, 1.54) is 12.1 Å². The third kappa shape index (κ3) is 3.55. The SMILES string of the molecule is CCO[P@](=O)(c1ccccc1Cl)[C@@H](O)C(Cl)(Cl)Cl. The molecule has 0 saturated heterocycles. The Balaban J connectivity index is 3.33. The molecule has 0 amide bonds. The molecule has 0 fully saturated rings. The summed E-state index contributed by atoms with van der Waals surface area (Å²) in [6, 6.07) is 6.26. The van der Waals surface area contributed by atoms with Gasteiger partial charge in [0.15, 0.2) is 5.85 Å². The van der Waals surface area contributed by atoms with Crippen molar-refractivity contribution in [3.8, 4) is 0 Å². The number of aliphatic hydroxyl groups is 1. The van der Waals surface area contributed by atoms with E-state index in [9.17, 15) is 9.67 Å². The van der Waals surface area contributed by atoms with E-state index in [-0.39, 0.29) is 16.9 Å². The average molecular weight is 352 g/mol. The predicted molar refractivity (Wildman–Crippen MR) is 76.6 cm³/mol. The first-order chi connectivity index (χ1) is 8.23. The highest BCUT2D eigenvalue weighted by atomic mass is 35.6. The van der Waals surface area contributed by atoms with Crippen molar-refractivity contribution >= 4 is 59.1 Å². The first kappa shape index (κ1) is 16.6. The highest BCUT2D eigenvalue weighted by Gasteiger charge is 2.48. The van der Waals surface area contributed by atoms with E-state index < -0.39 is 17.0 Å². The zero-order valence-electron chi connectivity index (χ0n) is 9.32. The van der Waals surface area contributed by atoms with Gasteiger partial charge in [-0.05, 0) is 19.1 Å². The zero-order chi connectivity index (χ0) is 14.0. The molecule has 0 aliphatic rings. The van der Waals surface area contributed by atoms with Gasteiger partial charge in [0, 0.05) is 0 Å². The van der Waals surface area contributed by atoms with Crippen molar-refractivity contribution in [3.63, 3.8) is 0 Å². The molecule has 0 heterocycles. The quantitative estimate of drug-likeness (QED) is 0.659. The van der Waals surface area contributed by atoms with Gasteiger partial charge in [0.05, 0.1) is 16.9 Å². The molecule has 0 aromatic heterocycles. The summed E-state index contributed by atoms with van der Waals surface area (Å²) >= 11 is 22.7. The number of aliphatic hydroxyl groups excluding tert-OH is 1. The van der Waals surface area contributed by atoms with Crippen LogP contribution in [0.15, 0.2) is 24.3 Å². The molecule has 0 radical (unpaired) electrons. The van der Waals surface area contributed by atoms with Crippen LogP contribution in [0.5, 0.6) is 0 Å². The number of benzene rings is 1. The van der Waals surface area contributed by atoms with Crippen molar-refractivity contribution in [3.05, 3.63) is 29.3 Å². The van der Waals surface area contributed by atoms with E-state index in [0.29, 0.717) is 0 Å². The Kier molecular flexibility index (Phi) is 5.82. The van der Waals surface area contributed by atoms with Crippen LogP contribution >= 0.6 is 53.8 Å². The van der Waals surface area contributed by atoms with Gasteiger partial charge in [-0.15, -0.1) is 0 Å². The molecule has 0 spiro atoms. The Morgan fingerprint density at radius 3 is 2.39 bits per heavy atom. The van der Waals surface area contributed by atoms with Crippen LogP contribution in [0.4, 0.5) is 0 Å². The molecule has 1 aromatic rings. The molecule has 0 unspecified atom stereocenters. The fraction of sp³-hybridized carbons (Fsp3) is 0.400. The van der Waals surface area contributed by atoms with Crippen LogP contribution < -0.4 is 5.30 Å². The predicted octanol–water partition coefficient (Wildman–Crippen LogP) is 3.97. The molecule has 1 rings (SSSR count). The van der Waals surface area contributed by atoms with E-state index in [2.05, 4.69) is 0 Å². The number of hydrogen-bond acceptors (Lipinski definition) is 3. The number of hydrogen-bond donors (Lipinski definition) is 1. The Hall–Kier alpha value is 0.530. The van der Waals surface area contributed by atoms with Gasteiger partial charge in [0.1, 0.15) is 0 Å². The van der Waals surface area contributed by atoms with Crippen LogP contribution in [0.1, 0.15) is 6.92 Å². The molecule has 3 nitrogen and oxygen atoms in total. The van der Waals surface area contributed by atoms with Gasteiger partial charge in [0.2, 0.25) is 3.79 Å². The minimum Gasteiger partial charge on any atom is -0.379 e. The summed E-state index contributed by atoms with van der Waals surface area (Å²) in [5.74, 6) is -1.80. The van der Waals surface area contributed by atoms with E-state index in [0.717, 1.165) is 0 Å². The van der Waals surface area contributed by atoms with Gasteiger partial charge in [-0.3, -0.25) is 4.57 Å². The lowest BCUT2D eigenvalue weighted by Gasteiger charge is -2.28. The summed E-state index contributed by atoms with van der Waals surface area (Å²) in [6.45, 7) is 1.70. The first-order valence-corrected chi connectivity index (χ1v) is 8.18. The number of rotatable bonds is 4. The van der Waals surface area contributed by atoms with Crippen LogP contribution in [-0.4, -0.2) is 21.4 Å². The fourth-order valence-electron chi connectivity index (χ4n) is 1.36. The third-order valence-electron chi connectivity index (χ3n) is 2.12. The monoisotopic (exact) mass is 350 g/mol. The van der Waals surface area contributed by atoms with Crippen molar-refractivity contribution in [2.75, 3.05) is 6.61 Å². The van der Waals surface area contributed by atoms with Crippen LogP contribution in [0.2, 0.25) is 5.02 Å². The lowest BCUT2D eigenvalue weighted by atomic mass is 10.4. The third-order valence-corrected chi connectivity index (χ3v) is 6.40. The van der Waals surface area contributed by atoms with Crippen LogP contribution in [-0.2, 0) is 9.09 Å². The van der Waals surface area contributed by atoms with Crippen molar-refractivity contribution in [2.24, 2.45) is 0 Å². The maximum Gasteiger partial charge on any atom is 0.265 e. The van der Waals surface area contributed by atoms with E-state index >= 15 is 0 Å². The number of alkyl halides is 3. The summed E-state index contributed by atoms with van der Waals surface area (Å²) < 4.78 is 15.8. The highest BCUT2D eigenvalue weighted by Crippen LogP contribution is 2.58. The van der Waals surface area contributed by atoms with Gasteiger partial charge in [-0.1, -0.05) is 58.5 Å². The minimum atomic E-state index is -3.79. The molecule has 102 valence electrons. The molecule has 0 bridgehead atoms. The van der Waals surface area contributed by atoms with E-state index in [1.54, 1.807) is 19.1 Å². The standard InChI is InChI=1S/C10H11Cl4O3P/c1-2-17-18(16,9(15)10(12,13)14)8-6-4-3-5-7(8)11/h3-6,9,15H,2H2,1H3/t9-,18-/m1/s1. The van der Waals surface area contributed by atoms with E-state index in [1.807, 2.05) is 0 Å². The van der Waals surface area contributed by atoms with Crippen LogP contribution in [0, 0.1) is 0 Å². The largest absolute Gasteiger partial charge is 0.379 e. The summed E-state index contributed by atoms with van der Waals surface area (Å²) in [5, 5.41) is 10.3. The van der Waals surface area contributed by atoms with Gasteiger partial charge >= 0.3 is 0 Å². The lowest BCUT2D eigenvalue weighted by molar-refractivity contribution is 0.218. The smallest absolute Gasteiger partial charge is 0.265 e.